The van der Waals surface area contributed by atoms with Crippen LogP contribution in [0.1, 0.15) is 18.1 Å². The van der Waals surface area contributed by atoms with Crippen molar-refractivity contribution in [3.8, 4) is 5.75 Å². The molecule has 0 aliphatic heterocycles. The Labute approximate surface area is 93.6 Å². The van der Waals surface area contributed by atoms with Crippen LogP contribution in [0, 0.1) is 6.92 Å². The zero-order valence-electron chi connectivity index (χ0n) is 8.64. The third-order valence-electron chi connectivity index (χ3n) is 2.06. The van der Waals surface area contributed by atoms with Gasteiger partial charge in [-0.05, 0) is 50.1 Å². The minimum absolute atomic E-state index is 0.648. The molecule has 0 amide bonds. The summed E-state index contributed by atoms with van der Waals surface area (Å²) < 4.78 is 6.66. The SMILES string of the molecule is CCOc1cc(C)c(Br)cc1CCN. The summed E-state index contributed by atoms with van der Waals surface area (Å²) in [5.41, 5.74) is 7.90. The molecule has 0 heterocycles. The Hall–Kier alpha value is -0.540. The maximum Gasteiger partial charge on any atom is 0.122 e. The molecule has 0 bridgehead atoms. The summed E-state index contributed by atoms with van der Waals surface area (Å²) in [5, 5.41) is 0. The molecule has 14 heavy (non-hydrogen) atoms. The first kappa shape index (κ1) is 11.5. The highest BCUT2D eigenvalue weighted by Gasteiger charge is 2.06. The van der Waals surface area contributed by atoms with Gasteiger partial charge in [0.25, 0.3) is 0 Å². The largest absolute Gasteiger partial charge is 0.494 e. The smallest absolute Gasteiger partial charge is 0.122 e. The van der Waals surface area contributed by atoms with Gasteiger partial charge in [-0.3, -0.25) is 0 Å². The minimum Gasteiger partial charge on any atom is -0.494 e. The van der Waals surface area contributed by atoms with Crippen molar-refractivity contribution in [2.45, 2.75) is 20.3 Å². The first-order chi connectivity index (χ1) is 6.69. The topological polar surface area (TPSA) is 35.2 Å². The van der Waals surface area contributed by atoms with Gasteiger partial charge >= 0.3 is 0 Å². The lowest BCUT2D eigenvalue weighted by atomic mass is 10.1. The summed E-state index contributed by atoms with van der Waals surface area (Å²) in [5.74, 6) is 0.957. The molecule has 0 aliphatic carbocycles. The number of hydrogen-bond donors (Lipinski definition) is 1. The van der Waals surface area contributed by atoms with Crippen LogP contribution >= 0.6 is 15.9 Å². The fraction of sp³-hybridized carbons (Fsp3) is 0.455. The molecule has 0 spiro atoms. The zero-order chi connectivity index (χ0) is 10.6. The van der Waals surface area contributed by atoms with Crippen LogP contribution < -0.4 is 10.5 Å². The Balaban J connectivity index is 3.03. The van der Waals surface area contributed by atoms with Gasteiger partial charge in [-0.2, -0.15) is 0 Å². The van der Waals surface area contributed by atoms with Crippen LogP contribution in [-0.2, 0) is 6.42 Å². The van der Waals surface area contributed by atoms with Crippen LogP contribution in [0.4, 0.5) is 0 Å². The first-order valence-electron chi connectivity index (χ1n) is 4.81. The molecule has 2 nitrogen and oxygen atoms in total. The average Bonchev–Trinajstić information content (AvgIpc) is 2.14. The van der Waals surface area contributed by atoms with E-state index in [1.54, 1.807) is 0 Å². The highest BCUT2D eigenvalue weighted by Crippen LogP contribution is 2.27. The maximum absolute atomic E-state index is 5.55. The van der Waals surface area contributed by atoms with Crippen molar-refractivity contribution in [1.29, 1.82) is 0 Å². The number of ether oxygens (including phenoxy) is 1. The molecule has 0 aromatic heterocycles. The van der Waals surface area contributed by atoms with Gasteiger partial charge in [0.05, 0.1) is 6.61 Å². The standard InChI is InChI=1S/C11H16BrNO/c1-3-14-11-6-8(2)10(12)7-9(11)4-5-13/h6-7H,3-5,13H2,1-2H3. The summed E-state index contributed by atoms with van der Waals surface area (Å²) in [6.45, 7) is 5.39. The van der Waals surface area contributed by atoms with Crippen LogP contribution in [-0.4, -0.2) is 13.2 Å². The van der Waals surface area contributed by atoms with E-state index in [1.807, 2.05) is 6.92 Å². The predicted molar refractivity (Wildman–Crippen MR) is 62.8 cm³/mol. The van der Waals surface area contributed by atoms with E-state index in [0.29, 0.717) is 13.2 Å². The van der Waals surface area contributed by atoms with Crippen molar-refractivity contribution in [1.82, 2.24) is 0 Å². The molecule has 3 heteroatoms. The number of halogens is 1. The minimum atomic E-state index is 0.648. The van der Waals surface area contributed by atoms with E-state index < -0.39 is 0 Å². The number of rotatable bonds is 4. The summed E-state index contributed by atoms with van der Waals surface area (Å²) >= 11 is 3.50. The van der Waals surface area contributed by atoms with Gasteiger partial charge in [0.1, 0.15) is 5.75 Å². The molecule has 0 saturated heterocycles. The van der Waals surface area contributed by atoms with Crippen molar-refractivity contribution in [2.75, 3.05) is 13.2 Å². The molecule has 1 aromatic carbocycles. The Bertz CT molecular complexity index is 281. The van der Waals surface area contributed by atoms with Crippen LogP contribution in [0.2, 0.25) is 0 Å². The van der Waals surface area contributed by atoms with Gasteiger partial charge in [0.15, 0.2) is 0 Å². The summed E-state index contributed by atoms with van der Waals surface area (Å²) in [7, 11) is 0. The third kappa shape index (κ3) is 2.72. The molecule has 0 radical (unpaired) electrons. The maximum atomic E-state index is 5.55. The van der Waals surface area contributed by atoms with Crippen molar-refractivity contribution >= 4 is 15.9 Å². The van der Waals surface area contributed by atoms with Gasteiger partial charge in [-0.1, -0.05) is 15.9 Å². The fourth-order valence-electron chi connectivity index (χ4n) is 1.34. The van der Waals surface area contributed by atoms with E-state index in [9.17, 15) is 0 Å². The first-order valence-corrected chi connectivity index (χ1v) is 5.60. The Morgan fingerprint density at radius 2 is 2.14 bits per heavy atom. The molecule has 0 saturated carbocycles. The summed E-state index contributed by atoms with van der Waals surface area (Å²) in [6, 6.07) is 4.14. The van der Waals surface area contributed by atoms with Crippen LogP contribution in [0.3, 0.4) is 0 Å². The second kappa shape index (κ2) is 5.37. The van der Waals surface area contributed by atoms with Crippen molar-refractivity contribution < 1.29 is 4.74 Å². The van der Waals surface area contributed by atoms with Crippen LogP contribution in [0.5, 0.6) is 5.75 Å². The highest BCUT2D eigenvalue weighted by molar-refractivity contribution is 9.10. The Kier molecular flexibility index (Phi) is 4.42. The number of hydrogen-bond acceptors (Lipinski definition) is 2. The molecule has 0 atom stereocenters. The predicted octanol–water partition coefficient (Wildman–Crippen LogP) is 2.66. The molecular weight excluding hydrogens is 242 g/mol. The number of benzene rings is 1. The average molecular weight is 258 g/mol. The van der Waals surface area contributed by atoms with Gasteiger partial charge in [0.2, 0.25) is 0 Å². The highest BCUT2D eigenvalue weighted by atomic mass is 79.9. The molecule has 2 N–H and O–H groups in total. The molecule has 0 unspecified atom stereocenters. The van der Waals surface area contributed by atoms with Crippen molar-refractivity contribution in [3.05, 3.63) is 27.7 Å². The molecule has 1 aromatic rings. The van der Waals surface area contributed by atoms with E-state index in [4.69, 9.17) is 10.5 Å². The van der Waals surface area contributed by atoms with Gasteiger partial charge in [-0.15, -0.1) is 0 Å². The summed E-state index contributed by atoms with van der Waals surface area (Å²) in [6.07, 6.45) is 0.855. The van der Waals surface area contributed by atoms with E-state index in [2.05, 4.69) is 35.0 Å². The Morgan fingerprint density at radius 3 is 2.71 bits per heavy atom. The lowest BCUT2D eigenvalue weighted by Gasteiger charge is -2.11. The monoisotopic (exact) mass is 257 g/mol. The third-order valence-corrected chi connectivity index (χ3v) is 2.91. The lowest BCUT2D eigenvalue weighted by molar-refractivity contribution is 0.336. The fourth-order valence-corrected chi connectivity index (χ4v) is 1.73. The molecule has 0 aliphatic rings. The van der Waals surface area contributed by atoms with E-state index >= 15 is 0 Å². The van der Waals surface area contributed by atoms with Gasteiger partial charge in [-0.25, -0.2) is 0 Å². The lowest BCUT2D eigenvalue weighted by Crippen LogP contribution is -2.05. The van der Waals surface area contributed by atoms with E-state index in [-0.39, 0.29) is 0 Å². The second-order valence-electron chi connectivity index (χ2n) is 3.18. The molecule has 1 rings (SSSR count). The number of nitrogens with two attached hydrogens (primary N) is 1. The second-order valence-corrected chi connectivity index (χ2v) is 4.04. The Morgan fingerprint density at radius 1 is 1.43 bits per heavy atom. The summed E-state index contributed by atoms with van der Waals surface area (Å²) in [4.78, 5) is 0. The van der Waals surface area contributed by atoms with Gasteiger partial charge in [0, 0.05) is 4.47 Å². The quantitative estimate of drug-likeness (QED) is 0.901. The molecular formula is C11H16BrNO. The zero-order valence-corrected chi connectivity index (χ0v) is 10.2. The van der Waals surface area contributed by atoms with Crippen molar-refractivity contribution in [3.63, 3.8) is 0 Å². The van der Waals surface area contributed by atoms with Crippen LogP contribution in [0.15, 0.2) is 16.6 Å². The van der Waals surface area contributed by atoms with Crippen LogP contribution in [0.25, 0.3) is 0 Å². The molecule has 0 fully saturated rings. The normalized spacial score (nSPS) is 10.3. The number of aryl methyl sites for hydroxylation is 1. The van der Waals surface area contributed by atoms with Crippen molar-refractivity contribution in [2.24, 2.45) is 5.73 Å². The molecule has 78 valence electrons. The van der Waals surface area contributed by atoms with Gasteiger partial charge < -0.3 is 10.5 Å². The van der Waals surface area contributed by atoms with E-state index in [1.165, 1.54) is 11.1 Å². The van der Waals surface area contributed by atoms with E-state index in [0.717, 1.165) is 16.6 Å².